The standard InChI is InChI=1S/C13H17BrO3/c1-3-11(16)13(17,4-2)12(9-15)8-6-5-7-10(12)14/h5-10,17H,3-4H2,1-2H3/t10-,12-,13+/m0/s1. The normalized spacial score (nSPS) is 30.9. The number of aldehydes is 1. The maximum atomic E-state index is 12.0. The third-order valence-corrected chi connectivity index (χ3v) is 4.49. The van der Waals surface area contributed by atoms with Crippen LogP contribution < -0.4 is 0 Å². The number of aliphatic hydroxyl groups is 1. The first kappa shape index (κ1) is 14.3. The van der Waals surface area contributed by atoms with Crippen molar-refractivity contribution >= 4 is 28.0 Å². The van der Waals surface area contributed by atoms with E-state index in [1.807, 2.05) is 0 Å². The molecule has 0 saturated heterocycles. The fraction of sp³-hybridized carbons (Fsp3) is 0.538. The van der Waals surface area contributed by atoms with Gasteiger partial charge in [0.2, 0.25) is 0 Å². The van der Waals surface area contributed by atoms with Gasteiger partial charge in [0.05, 0.1) is 10.2 Å². The molecule has 0 unspecified atom stereocenters. The largest absolute Gasteiger partial charge is 0.381 e. The summed E-state index contributed by atoms with van der Waals surface area (Å²) in [5, 5.41) is 10.6. The second-order valence-corrected chi connectivity index (χ2v) is 5.17. The molecular weight excluding hydrogens is 284 g/mol. The Hall–Kier alpha value is -0.740. The zero-order valence-electron chi connectivity index (χ0n) is 10.0. The lowest BCUT2D eigenvalue weighted by molar-refractivity contribution is -0.153. The van der Waals surface area contributed by atoms with Crippen LogP contribution in [-0.4, -0.2) is 27.6 Å². The minimum atomic E-state index is -1.65. The maximum absolute atomic E-state index is 12.0. The molecule has 94 valence electrons. The van der Waals surface area contributed by atoms with Crippen molar-refractivity contribution in [3.8, 4) is 0 Å². The number of allylic oxidation sites excluding steroid dienone is 3. The molecule has 17 heavy (non-hydrogen) atoms. The van der Waals surface area contributed by atoms with Crippen molar-refractivity contribution in [3.63, 3.8) is 0 Å². The molecule has 1 aliphatic rings. The molecule has 0 aliphatic heterocycles. The van der Waals surface area contributed by atoms with E-state index in [1.165, 1.54) is 0 Å². The zero-order valence-corrected chi connectivity index (χ0v) is 11.6. The molecule has 1 aliphatic carbocycles. The van der Waals surface area contributed by atoms with Crippen LogP contribution in [0.2, 0.25) is 0 Å². The minimum Gasteiger partial charge on any atom is -0.381 e. The Morgan fingerprint density at radius 3 is 2.59 bits per heavy atom. The van der Waals surface area contributed by atoms with Crippen molar-refractivity contribution in [3.05, 3.63) is 24.3 Å². The van der Waals surface area contributed by atoms with Gasteiger partial charge in [-0.1, -0.05) is 54.1 Å². The topological polar surface area (TPSA) is 54.4 Å². The number of carbonyl (C=O) groups is 2. The summed E-state index contributed by atoms with van der Waals surface area (Å²) in [7, 11) is 0. The number of ketones is 1. The van der Waals surface area contributed by atoms with E-state index in [2.05, 4.69) is 15.9 Å². The van der Waals surface area contributed by atoms with Gasteiger partial charge in [0, 0.05) is 6.42 Å². The van der Waals surface area contributed by atoms with Crippen molar-refractivity contribution in [2.24, 2.45) is 5.41 Å². The number of rotatable bonds is 5. The first-order valence-corrected chi connectivity index (χ1v) is 6.62. The van der Waals surface area contributed by atoms with Crippen LogP contribution in [0.1, 0.15) is 26.7 Å². The van der Waals surface area contributed by atoms with Crippen LogP contribution in [0.25, 0.3) is 0 Å². The fourth-order valence-electron chi connectivity index (χ4n) is 2.23. The Bertz CT molecular complexity index is 375. The highest BCUT2D eigenvalue weighted by Gasteiger charge is 2.55. The SMILES string of the molecule is CCC(=O)[C@](O)(CC)[C@]1(C=O)C=CC=C[C@@H]1Br. The smallest absolute Gasteiger partial charge is 0.165 e. The van der Waals surface area contributed by atoms with Crippen LogP contribution in [-0.2, 0) is 9.59 Å². The van der Waals surface area contributed by atoms with Gasteiger partial charge in [-0.3, -0.25) is 4.79 Å². The Kier molecular flexibility index (Phi) is 4.44. The van der Waals surface area contributed by atoms with Crippen LogP contribution in [0.3, 0.4) is 0 Å². The summed E-state index contributed by atoms with van der Waals surface area (Å²) in [6.07, 6.45) is 7.93. The van der Waals surface area contributed by atoms with Crippen molar-refractivity contribution in [2.75, 3.05) is 0 Å². The molecule has 0 radical (unpaired) electrons. The van der Waals surface area contributed by atoms with Crippen LogP contribution in [0.15, 0.2) is 24.3 Å². The van der Waals surface area contributed by atoms with E-state index >= 15 is 0 Å². The number of Topliss-reactive ketones (excluding diaryl/α,β-unsaturated/α-hetero) is 1. The quantitative estimate of drug-likeness (QED) is 0.625. The molecule has 0 fully saturated rings. The molecule has 0 aromatic carbocycles. The average Bonchev–Trinajstić information content (AvgIpc) is 2.37. The first-order valence-electron chi connectivity index (χ1n) is 5.70. The maximum Gasteiger partial charge on any atom is 0.165 e. The number of hydrogen-bond acceptors (Lipinski definition) is 3. The van der Waals surface area contributed by atoms with Gasteiger partial charge >= 0.3 is 0 Å². The number of hydrogen-bond donors (Lipinski definition) is 1. The summed E-state index contributed by atoms with van der Waals surface area (Å²) in [4.78, 5) is 23.1. The van der Waals surface area contributed by atoms with Crippen molar-refractivity contribution < 1.29 is 14.7 Å². The predicted octanol–water partition coefficient (Wildman–Crippen LogP) is 2.18. The van der Waals surface area contributed by atoms with Crippen molar-refractivity contribution in [2.45, 2.75) is 37.1 Å². The Balaban J connectivity index is 3.32. The molecule has 0 saturated carbocycles. The number of carbonyl (C=O) groups excluding carboxylic acids is 2. The van der Waals surface area contributed by atoms with Crippen LogP contribution in [0.4, 0.5) is 0 Å². The molecule has 1 rings (SSSR count). The van der Waals surface area contributed by atoms with E-state index in [-0.39, 0.29) is 23.5 Å². The fourth-order valence-corrected chi connectivity index (χ4v) is 3.05. The van der Waals surface area contributed by atoms with Crippen LogP contribution in [0.5, 0.6) is 0 Å². The van der Waals surface area contributed by atoms with Crippen molar-refractivity contribution in [1.29, 1.82) is 0 Å². The van der Waals surface area contributed by atoms with Gasteiger partial charge in [0.1, 0.15) is 11.9 Å². The molecule has 1 N–H and O–H groups in total. The number of alkyl halides is 1. The monoisotopic (exact) mass is 300 g/mol. The second-order valence-electron chi connectivity index (χ2n) is 4.19. The van der Waals surface area contributed by atoms with E-state index in [4.69, 9.17) is 0 Å². The third-order valence-electron chi connectivity index (χ3n) is 3.42. The molecule has 0 bridgehead atoms. The van der Waals surface area contributed by atoms with Crippen LogP contribution in [0, 0.1) is 5.41 Å². The highest BCUT2D eigenvalue weighted by atomic mass is 79.9. The third kappa shape index (κ3) is 2.04. The van der Waals surface area contributed by atoms with E-state index < -0.39 is 11.0 Å². The summed E-state index contributed by atoms with van der Waals surface area (Å²) in [5.41, 5.74) is -2.87. The molecule has 0 heterocycles. The highest BCUT2D eigenvalue weighted by Crippen LogP contribution is 2.44. The Morgan fingerprint density at radius 2 is 2.18 bits per heavy atom. The zero-order chi connectivity index (χ0) is 13.1. The predicted molar refractivity (Wildman–Crippen MR) is 70.0 cm³/mol. The van der Waals surface area contributed by atoms with Gasteiger partial charge in [-0.2, -0.15) is 0 Å². The van der Waals surface area contributed by atoms with Gasteiger partial charge in [-0.25, -0.2) is 0 Å². The Labute approximate surface area is 110 Å². The summed E-state index contributed by atoms with van der Waals surface area (Å²) < 4.78 is 0. The second kappa shape index (κ2) is 5.27. The van der Waals surface area contributed by atoms with Gasteiger partial charge in [-0.05, 0) is 6.42 Å². The lowest BCUT2D eigenvalue weighted by Gasteiger charge is -2.43. The molecule has 4 heteroatoms. The average molecular weight is 301 g/mol. The van der Waals surface area contributed by atoms with E-state index in [1.54, 1.807) is 38.2 Å². The minimum absolute atomic E-state index is 0.206. The van der Waals surface area contributed by atoms with Gasteiger partial charge in [0.15, 0.2) is 5.78 Å². The van der Waals surface area contributed by atoms with E-state index in [0.29, 0.717) is 6.29 Å². The molecule has 0 aromatic rings. The first-order chi connectivity index (χ1) is 7.98. The molecule has 0 amide bonds. The summed E-state index contributed by atoms with van der Waals surface area (Å²) in [6.45, 7) is 3.40. The summed E-state index contributed by atoms with van der Waals surface area (Å²) in [6, 6.07) is 0. The van der Waals surface area contributed by atoms with Gasteiger partial charge in [0.25, 0.3) is 0 Å². The molecule has 3 atom stereocenters. The van der Waals surface area contributed by atoms with Crippen molar-refractivity contribution in [1.82, 2.24) is 0 Å². The highest BCUT2D eigenvalue weighted by molar-refractivity contribution is 9.09. The number of halogens is 1. The van der Waals surface area contributed by atoms with E-state index in [0.717, 1.165) is 0 Å². The van der Waals surface area contributed by atoms with Gasteiger partial charge in [-0.15, -0.1) is 0 Å². The molecular formula is C13H17BrO3. The van der Waals surface area contributed by atoms with Crippen LogP contribution >= 0.6 is 15.9 Å². The molecule has 0 aromatic heterocycles. The van der Waals surface area contributed by atoms with Gasteiger partial charge < -0.3 is 9.90 Å². The lowest BCUT2D eigenvalue weighted by atomic mass is 9.65. The Morgan fingerprint density at radius 1 is 1.53 bits per heavy atom. The lowest BCUT2D eigenvalue weighted by Crippen LogP contribution is -2.58. The summed E-state index contributed by atoms with van der Waals surface area (Å²) >= 11 is 3.36. The van der Waals surface area contributed by atoms with E-state index in [9.17, 15) is 14.7 Å². The summed E-state index contributed by atoms with van der Waals surface area (Å²) in [5.74, 6) is -0.309. The molecule has 0 spiro atoms. The molecule has 3 nitrogen and oxygen atoms in total.